The number of nitrogens with zero attached hydrogens (tertiary/aromatic N) is 2. The second-order valence-electron chi connectivity index (χ2n) is 7.55. The number of carboxylic acid groups (broad SMARTS) is 1. The summed E-state index contributed by atoms with van der Waals surface area (Å²) < 4.78 is 31.1. The number of hydrogen-bond acceptors (Lipinski definition) is 5. The van der Waals surface area contributed by atoms with E-state index in [9.17, 15) is 23.5 Å². The highest BCUT2D eigenvalue weighted by molar-refractivity contribution is 7.15. The highest BCUT2D eigenvalue weighted by Crippen LogP contribution is 2.49. The fraction of sp³-hybridized carbons (Fsp3) is 0.250. The van der Waals surface area contributed by atoms with Crippen molar-refractivity contribution in [3.05, 3.63) is 57.7 Å². The Labute approximate surface area is 178 Å². The van der Waals surface area contributed by atoms with Crippen LogP contribution in [0, 0.1) is 11.3 Å². The lowest BCUT2D eigenvalue weighted by molar-refractivity contribution is 0.0698. The number of allylic oxidation sites excluding steroid dienone is 4. The van der Waals surface area contributed by atoms with Gasteiger partial charge in [0.25, 0.3) is 5.91 Å². The molecular weight excluding hydrogens is 432 g/mol. The Morgan fingerprint density at radius 3 is 2.70 bits per heavy atom. The van der Waals surface area contributed by atoms with Gasteiger partial charge in [-0.25, -0.2) is 18.6 Å². The number of halogens is 2. The number of anilines is 1. The van der Waals surface area contributed by atoms with Crippen molar-refractivity contribution >= 4 is 50.1 Å². The molecule has 30 heavy (non-hydrogen) atoms. The number of thiophene rings is 1. The summed E-state index contributed by atoms with van der Waals surface area (Å²) in [5.41, 5.74) is -1.27. The number of carbonyl (C=O) groups is 2. The summed E-state index contributed by atoms with van der Waals surface area (Å²) in [7, 11) is 0. The molecule has 6 nitrogen and oxygen atoms in total. The van der Waals surface area contributed by atoms with E-state index in [1.165, 1.54) is 29.0 Å². The maximum absolute atomic E-state index is 14.8. The van der Waals surface area contributed by atoms with Crippen molar-refractivity contribution in [2.45, 2.75) is 20.8 Å². The van der Waals surface area contributed by atoms with Crippen LogP contribution in [-0.2, 0) is 0 Å². The second-order valence-corrected chi connectivity index (χ2v) is 9.30. The number of aromatic nitrogens is 2. The third-order valence-electron chi connectivity index (χ3n) is 5.40. The number of carboxylic acids is 1. The Balaban J connectivity index is 1.72. The first-order valence-electron chi connectivity index (χ1n) is 8.98. The van der Waals surface area contributed by atoms with Crippen LogP contribution in [0.3, 0.4) is 0 Å². The number of carbonyl (C=O) groups excluding carboxylic acids is 1. The summed E-state index contributed by atoms with van der Waals surface area (Å²) in [6.45, 7) is 4.92. The summed E-state index contributed by atoms with van der Waals surface area (Å²) >= 11 is 2.29. The first-order chi connectivity index (χ1) is 14.1. The first kappa shape index (κ1) is 20.4. The Morgan fingerprint density at radius 2 is 2.03 bits per heavy atom. The molecule has 4 rings (SSSR count). The van der Waals surface area contributed by atoms with Gasteiger partial charge in [0.15, 0.2) is 10.8 Å². The van der Waals surface area contributed by atoms with Gasteiger partial charge in [0.2, 0.25) is 0 Å². The lowest BCUT2D eigenvalue weighted by Crippen LogP contribution is -2.25. The minimum absolute atomic E-state index is 0.0311. The van der Waals surface area contributed by atoms with Crippen molar-refractivity contribution in [2.24, 2.45) is 11.3 Å². The molecule has 1 unspecified atom stereocenters. The standard InChI is InChI=1S/C20H17F2N3O3S2/c1-9-6-10(14(21)15(22)20(9,2)3)11-8-30-17(13(11)18(27)28)24-16(26)12-7-25-4-5-29-19(25)23-12/h4-9H,1-3H3,(H,24,26)(H,27,28). The van der Waals surface area contributed by atoms with Gasteiger partial charge < -0.3 is 10.4 Å². The first-order valence-corrected chi connectivity index (χ1v) is 10.7. The summed E-state index contributed by atoms with van der Waals surface area (Å²) in [5, 5.41) is 15.5. The number of thiazole rings is 1. The van der Waals surface area contributed by atoms with Crippen LogP contribution < -0.4 is 5.32 Å². The fourth-order valence-corrected chi connectivity index (χ4v) is 4.85. The van der Waals surface area contributed by atoms with Crippen LogP contribution in [0.1, 0.15) is 47.2 Å². The molecule has 0 radical (unpaired) electrons. The minimum Gasteiger partial charge on any atom is -0.478 e. The van der Waals surface area contributed by atoms with E-state index in [0.717, 1.165) is 11.3 Å². The van der Waals surface area contributed by atoms with Gasteiger partial charge >= 0.3 is 5.97 Å². The molecule has 10 heteroatoms. The lowest BCUT2D eigenvalue weighted by Gasteiger charge is -2.33. The number of imidazole rings is 1. The summed E-state index contributed by atoms with van der Waals surface area (Å²) in [4.78, 5) is 29.3. The van der Waals surface area contributed by atoms with E-state index in [2.05, 4.69) is 10.3 Å². The molecule has 156 valence electrons. The largest absolute Gasteiger partial charge is 0.478 e. The van der Waals surface area contributed by atoms with Gasteiger partial charge in [0, 0.05) is 39.7 Å². The molecular formula is C20H17F2N3O3S2. The summed E-state index contributed by atoms with van der Waals surface area (Å²) in [6.07, 6.45) is 4.81. The number of aromatic carboxylic acids is 1. The molecule has 0 fully saturated rings. The van der Waals surface area contributed by atoms with Crippen LogP contribution in [0.15, 0.2) is 40.9 Å². The molecule has 3 heterocycles. The van der Waals surface area contributed by atoms with Crippen molar-refractivity contribution in [1.82, 2.24) is 9.38 Å². The molecule has 1 aliphatic rings. The fourth-order valence-electron chi connectivity index (χ4n) is 3.20. The van der Waals surface area contributed by atoms with Gasteiger partial charge in [-0.15, -0.1) is 22.7 Å². The quantitative estimate of drug-likeness (QED) is 0.542. The van der Waals surface area contributed by atoms with Crippen LogP contribution in [0.2, 0.25) is 0 Å². The predicted molar refractivity (Wildman–Crippen MR) is 112 cm³/mol. The number of rotatable bonds is 4. The Morgan fingerprint density at radius 1 is 1.30 bits per heavy atom. The maximum atomic E-state index is 14.8. The zero-order valence-electron chi connectivity index (χ0n) is 16.2. The van der Waals surface area contributed by atoms with Crippen LogP contribution in [-0.4, -0.2) is 26.4 Å². The van der Waals surface area contributed by atoms with E-state index in [-0.39, 0.29) is 33.3 Å². The minimum atomic E-state index is -1.35. The van der Waals surface area contributed by atoms with Crippen LogP contribution in [0.5, 0.6) is 0 Å². The molecule has 0 saturated heterocycles. The smallest absolute Gasteiger partial charge is 0.339 e. The van der Waals surface area contributed by atoms with E-state index in [0.29, 0.717) is 4.96 Å². The van der Waals surface area contributed by atoms with Crippen LogP contribution in [0.4, 0.5) is 13.8 Å². The molecule has 0 spiro atoms. The lowest BCUT2D eigenvalue weighted by atomic mass is 9.73. The third kappa shape index (κ3) is 3.16. The number of hydrogen-bond donors (Lipinski definition) is 2. The van der Waals surface area contributed by atoms with Gasteiger partial charge in [-0.1, -0.05) is 26.8 Å². The van der Waals surface area contributed by atoms with Gasteiger partial charge in [0.1, 0.15) is 22.1 Å². The van der Waals surface area contributed by atoms with E-state index in [1.807, 2.05) is 5.38 Å². The predicted octanol–water partition coefficient (Wildman–Crippen LogP) is 5.62. The number of amides is 1. The topological polar surface area (TPSA) is 83.7 Å². The molecule has 0 aliphatic heterocycles. The zero-order chi connectivity index (χ0) is 21.8. The SMILES string of the molecule is CC1C=C(c2csc(NC(=O)c3cn4ccsc4n3)c2C(=O)O)C(F)=C(F)C1(C)C. The molecule has 3 aromatic rings. The van der Waals surface area contributed by atoms with Crippen molar-refractivity contribution in [3.63, 3.8) is 0 Å². The Bertz CT molecular complexity index is 1220. The average molecular weight is 450 g/mol. The molecule has 1 aliphatic carbocycles. The van der Waals surface area contributed by atoms with Crippen molar-refractivity contribution in [3.8, 4) is 0 Å². The molecule has 1 amide bonds. The van der Waals surface area contributed by atoms with E-state index in [1.54, 1.807) is 31.4 Å². The molecule has 2 N–H and O–H groups in total. The van der Waals surface area contributed by atoms with E-state index < -0.39 is 28.9 Å². The average Bonchev–Trinajstić information content (AvgIpc) is 3.37. The van der Waals surface area contributed by atoms with Gasteiger partial charge in [-0.3, -0.25) is 9.20 Å². The van der Waals surface area contributed by atoms with Gasteiger partial charge in [0.05, 0.1) is 0 Å². The van der Waals surface area contributed by atoms with Crippen molar-refractivity contribution < 1.29 is 23.5 Å². The second kappa shape index (κ2) is 7.13. The van der Waals surface area contributed by atoms with Crippen molar-refractivity contribution in [2.75, 3.05) is 5.32 Å². The molecule has 0 saturated carbocycles. The highest BCUT2D eigenvalue weighted by Gasteiger charge is 2.39. The normalized spacial score (nSPS) is 18.6. The van der Waals surface area contributed by atoms with Crippen LogP contribution in [0.25, 0.3) is 10.5 Å². The van der Waals surface area contributed by atoms with Gasteiger partial charge in [-0.05, 0) is 5.92 Å². The van der Waals surface area contributed by atoms with Gasteiger partial charge in [-0.2, -0.15) is 0 Å². The number of fused-ring (bicyclic) bond motifs is 1. The molecule has 0 aromatic carbocycles. The Hall–Kier alpha value is -2.85. The molecule has 3 aromatic heterocycles. The highest BCUT2D eigenvalue weighted by atomic mass is 32.1. The van der Waals surface area contributed by atoms with E-state index >= 15 is 0 Å². The zero-order valence-corrected chi connectivity index (χ0v) is 17.8. The monoisotopic (exact) mass is 449 g/mol. The van der Waals surface area contributed by atoms with Crippen molar-refractivity contribution in [1.29, 1.82) is 0 Å². The third-order valence-corrected chi connectivity index (χ3v) is 7.06. The Kier molecular flexibility index (Phi) is 4.86. The maximum Gasteiger partial charge on any atom is 0.339 e. The molecule has 1 atom stereocenters. The van der Waals surface area contributed by atoms with E-state index in [4.69, 9.17) is 0 Å². The summed E-state index contributed by atoms with van der Waals surface area (Å²) in [6, 6.07) is 0. The number of nitrogens with one attached hydrogen (secondary N) is 1. The molecule has 0 bridgehead atoms. The summed E-state index contributed by atoms with van der Waals surface area (Å²) in [5.74, 6) is -4.29. The van der Waals surface area contributed by atoms with Crippen LogP contribution >= 0.6 is 22.7 Å².